The summed E-state index contributed by atoms with van der Waals surface area (Å²) >= 11 is 0. The standard InChI is InChI=1S/C12H9N3O3/c1-18-11-3-2-9(12(16)17)4-10(11)15-7-8(5-13)6-14/h2-4,7,15H,1H3,(H,16,17). The highest BCUT2D eigenvalue weighted by Gasteiger charge is 2.08. The zero-order valence-electron chi connectivity index (χ0n) is 9.47. The van der Waals surface area contributed by atoms with Crippen molar-refractivity contribution < 1.29 is 14.6 Å². The molecule has 0 amide bonds. The second kappa shape index (κ2) is 5.92. The van der Waals surface area contributed by atoms with Gasteiger partial charge in [0.15, 0.2) is 0 Å². The Balaban J connectivity index is 3.11. The number of hydrogen-bond donors (Lipinski definition) is 2. The van der Waals surface area contributed by atoms with Gasteiger partial charge in [0.2, 0.25) is 0 Å². The maximum absolute atomic E-state index is 10.8. The number of carboxylic acids is 1. The second-order valence-corrected chi connectivity index (χ2v) is 3.15. The molecule has 0 aromatic heterocycles. The third-order valence-corrected chi connectivity index (χ3v) is 2.06. The van der Waals surface area contributed by atoms with E-state index >= 15 is 0 Å². The number of anilines is 1. The van der Waals surface area contributed by atoms with Crippen LogP contribution in [0.3, 0.4) is 0 Å². The van der Waals surface area contributed by atoms with Gasteiger partial charge in [-0.1, -0.05) is 0 Å². The Bertz CT molecular complexity index is 563. The van der Waals surface area contributed by atoms with Crippen molar-refractivity contribution >= 4 is 11.7 Å². The molecule has 6 nitrogen and oxygen atoms in total. The van der Waals surface area contributed by atoms with Crippen molar-refractivity contribution in [1.29, 1.82) is 10.5 Å². The number of carboxylic acid groups (broad SMARTS) is 1. The van der Waals surface area contributed by atoms with Crippen molar-refractivity contribution in [3.63, 3.8) is 0 Å². The van der Waals surface area contributed by atoms with Gasteiger partial charge in [-0.15, -0.1) is 0 Å². The van der Waals surface area contributed by atoms with Crippen molar-refractivity contribution in [2.45, 2.75) is 0 Å². The van der Waals surface area contributed by atoms with E-state index in [1.807, 2.05) is 0 Å². The van der Waals surface area contributed by atoms with Crippen LogP contribution in [-0.2, 0) is 0 Å². The summed E-state index contributed by atoms with van der Waals surface area (Å²) in [6.45, 7) is 0. The number of nitrogens with one attached hydrogen (secondary N) is 1. The fourth-order valence-electron chi connectivity index (χ4n) is 1.19. The quantitative estimate of drug-likeness (QED) is 0.780. The SMILES string of the molecule is COc1ccc(C(=O)O)cc1NC=C(C#N)C#N. The lowest BCUT2D eigenvalue weighted by molar-refractivity contribution is 0.0697. The third kappa shape index (κ3) is 3.00. The number of nitriles is 2. The molecular formula is C12H9N3O3. The maximum Gasteiger partial charge on any atom is 0.335 e. The number of hydrogen-bond acceptors (Lipinski definition) is 5. The van der Waals surface area contributed by atoms with Gasteiger partial charge >= 0.3 is 5.97 Å². The van der Waals surface area contributed by atoms with E-state index < -0.39 is 5.97 Å². The molecule has 0 saturated heterocycles. The average molecular weight is 243 g/mol. The predicted molar refractivity (Wildman–Crippen MR) is 62.9 cm³/mol. The molecule has 0 saturated carbocycles. The Hall–Kier alpha value is -2.99. The number of allylic oxidation sites excluding steroid dienone is 1. The van der Waals surface area contributed by atoms with Crippen LogP contribution in [0.5, 0.6) is 5.75 Å². The van der Waals surface area contributed by atoms with E-state index in [9.17, 15) is 4.79 Å². The number of rotatable bonds is 4. The average Bonchev–Trinajstić information content (AvgIpc) is 2.39. The fourth-order valence-corrected chi connectivity index (χ4v) is 1.19. The number of benzene rings is 1. The zero-order chi connectivity index (χ0) is 13.5. The Morgan fingerprint density at radius 2 is 2.11 bits per heavy atom. The molecule has 0 atom stereocenters. The maximum atomic E-state index is 10.8. The number of methoxy groups -OCH3 is 1. The minimum atomic E-state index is -1.08. The Morgan fingerprint density at radius 3 is 2.61 bits per heavy atom. The van der Waals surface area contributed by atoms with Gasteiger partial charge in [-0.05, 0) is 18.2 Å². The Morgan fingerprint density at radius 1 is 1.44 bits per heavy atom. The van der Waals surface area contributed by atoms with Gasteiger partial charge in [-0.2, -0.15) is 10.5 Å². The van der Waals surface area contributed by atoms with E-state index in [2.05, 4.69) is 5.32 Å². The van der Waals surface area contributed by atoms with Crippen molar-refractivity contribution in [3.05, 3.63) is 35.5 Å². The van der Waals surface area contributed by atoms with Crippen LogP contribution in [0.25, 0.3) is 0 Å². The van der Waals surface area contributed by atoms with Gasteiger partial charge in [-0.3, -0.25) is 0 Å². The van der Waals surface area contributed by atoms with E-state index in [1.54, 1.807) is 12.1 Å². The smallest absolute Gasteiger partial charge is 0.335 e. The molecule has 0 aliphatic carbocycles. The lowest BCUT2D eigenvalue weighted by Crippen LogP contribution is -2.00. The molecular weight excluding hydrogens is 234 g/mol. The third-order valence-electron chi connectivity index (χ3n) is 2.06. The van der Waals surface area contributed by atoms with Gasteiger partial charge in [0, 0.05) is 6.20 Å². The summed E-state index contributed by atoms with van der Waals surface area (Å²) in [4.78, 5) is 10.8. The van der Waals surface area contributed by atoms with Crippen LogP contribution >= 0.6 is 0 Å². The summed E-state index contributed by atoms with van der Waals surface area (Å²) in [5.41, 5.74) is 0.306. The number of ether oxygens (including phenoxy) is 1. The van der Waals surface area contributed by atoms with Gasteiger partial charge in [-0.25, -0.2) is 4.79 Å². The van der Waals surface area contributed by atoms with Crippen molar-refractivity contribution in [3.8, 4) is 17.9 Å². The minimum absolute atomic E-state index is 0.0714. The fraction of sp³-hybridized carbons (Fsp3) is 0.0833. The Labute approximate surface area is 103 Å². The largest absolute Gasteiger partial charge is 0.495 e. The van der Waals surface area contributed by atoms with E-state index in [-0.39, 0.29) is 11.1 Å². The van der Waals surface area contributed by atoms with E-state index in [1.165, 1.54) is 31.5 Å². The summed E-state index contributed by atoms with van der Waals surface area (Å²) in [7, 11) is 1.43. The molecule has 0 fully saturated rings. The summed E-state index contributed by atoms with van der Waals surface area (Å²) in [5, 5.41) is 28.7. The van der Waals surface area contributed by atoms with Crippen LogP contribution < -0.4 is 10.1 Å². The first-order chi connectivity index (χ1) is 8.62. The topological polar surface area (TPSA) is 106 Å². The highest BCUT2D eigenvalue weighted by molar-refractivity contribution is 5.89. The van der Waals surface area contributed by atoms with Crippen molar-refractivity contribution in [2.75, 3.05) is 12.4 Å². The van der Waals surface area contributed by atoms with Crippen LogP contribution in [0.4, 0.5) is 5.69 Å². The highest BCUT2D eigenvalue weighted by Crippen LogP contribution is 2.25. The van der Waals surface area contributed by atoms with E-state index in [4.69, 9.17) is 20.4 Å². The first-order valence-electron chi connectivity index (χ1n) is 4.80. The molecule has 1 aromatic rings. The molecule has 1 aromatic carbocycles. The van der Waals surface area contributed by atoms with Crippen LogP contribution in [-0.4, -0.2) is 18.2 Å². The number of aromatic carboxylic acids is 1. The molecule has 0 aliphatic heterocycles. The van der Waals surface area contributed by atoms with E-state index in [0.29, 0.717) is 11.4 Å². The second-order valence-electron chi connectivity index (χ2n) is 3.15. The van der Waals surface area contributed by atoms with Crippen LogP contribution in [0, 0.1) is 22.7 Å². The molecule has 2 N–H and O–H groups in total. The van der Waals surface area contributed by atoms with Gasteiger partial charge < -0.3 is 15.2 Å². The van der Waals surface area contributed by atoms with Crippen LogP contribution in [0.1, 0.15) is 10.4 Å². The predicted octanol–water partition coefficient (Wildman–Crippen LogP) is 1.74. The highest BCUT2D eigenvalue weighted by atomic mass is 16.5. The molecule has 0 aliphatic rings. The summed E-state index contributed by atoms with van der Waals surface area (Å²) in [6, 6.07) is 7.58. The van der Waals surface area contributed by atoms with Gasteiger partial charge in [0.25, 0.3) is 0 Å². The summed E-state index contributed by atoms with van der Waals surface area (Å²) < 4.78 is 5.03. The number of nitrogens with zero attached hydrogens (tertiary/aromatic N) is 2. The minimum Gasteiger partial charge on any atom is -0.495 e. The molecule has 0 spiro atoms. The monoisotopic (exact) mass is 243 g/mol. The first kappa shape index (κ1) is 13.1. The van der Waals surface area contributed by atoms with Gasteiger partial charge in [0.05, 0.1) is 18.4 Å². The molecule has 0 radical (unpaired) electrons. The van der Waals surface area contributed by atoms with E-state index in [0.717, 1.165) is 0 Å². The van der Waals surface area contributed by atoms with Crippen LogP contribution in [0.15, 0.2) is 30.0 Å². The molecule has 0 heterocycles. The Kier molecular flexibility index (Phi) is 4.30. The summed E-state index contributed by atoms with van der Waals surface area (Å²) in [6.07, 6.45) is 1.18. The van der Waals surface area contributed by atoms with Crippen molar-refractivity contribution in [2.24, 2.45) is 0 Å². The number of carbonyl (C=O) groups is 1. The van der Waals surface area contributed by atoms with Gasteiger partial charge in [0.1, 0.15) is 23.5 Å². The summed E-state index contributed by atoms with van der Waals surface area (Å²) in [5.74, 6) is -0.669. The lowest BCUT2D eigenvalue weighted by atomic mass is 10.2. The lowest BCUT2D eigenvalue weighted by Gasteiger charge is -2.08. The molecule has 90 valence electrons. The molecule has 0 bridgehead atoms. The molecule has 6 heteroatoms. The van der Waals surface area contributed by atoms with Crippen molar-refractivity contribution in [1.82, 2.24) is 0 Å². The molecule has 18 heavy (non-hydrogen) atoms. The first-order valence-corrected chi connectivity index (χ1v) is 4.80. The molecule has 0 unspecified atom stereocenters. The van der Waals surface area contributed by atoms with Crippen LogP contribution in [0.2, 0.25) is 0 Å². The normalized spacial score (nSPS) is 8.61. The zero-order valence-corrected chi connectivity index (χ0v) is 9.47. The molecule has 1 rings (SSSR count).